The Morgan fingerprint density at radius 1 is 1.07 bits per heavy atom. The number of benzene rings is 1. The first-order chi connectivity index (χ1) is 13.7. The van der Waals surface area contributed by atoms with E-state index in [1.807, 2.05) is 30.3 Å². The van der Waals surface area contributed by atoms with E-state index in [1.54, 1.807) is 41.6 Å². The zero-order valence-corrected chi connectivity index (χ0v) is 15.9. The Hall–Kier alpha value is -3.19. The number of hydrogen-bond donors (Lipinski definition) is 1. The van der Waals surface area contributed by atoms with Gasteiger partial charge in [0, 0.05) is 22.8 Å². The van der Waals surface area contributed by atoms with Crippen molar-refractivity contribution in [3.63, 3.8) is 0 Å². The fourth-order valence-corrected chi connectivity index (χ4v) is 3.81. The topological polar surface area (TPSA) is 71.5 Å². The molecule has 28 heavy (non-hydrogen) atoms. The zero-order valence-electron chi connectivity index (χ0n) is 15.1. The second kappa shape index (κ2) is 8.22. The second-order valence-electron chi connectivity index (χ2n) is 6.45. The van der Waals surface area contributed by atoms with E-state index in [1.165, 1.54) is 11.3 Å². The first-order valence-corrected chi connectivity index (χ1v) is 9.78. The molecule has 142 valence electrons. The number of ether oxygens (including phenoxy) is 1. The van der Waals surface area contributed by atoms with Crippen LogP contribution in [0.1, 0.15) is 24.9 Å². The molecule has 1 aliphatic rings. The summed E-state index contributed by atoms with van der Waals surface area (Å²) in [5.74, 6) is 0.639. The maximum Gasteiger partial charge on any atom is 0.264 e. The molecule has 1 aromatic carbocycles. The van der Waals surface area contributed by atoms with Crippen LogP contribution < -0.4 is 10.1 Å². The largest absolute Gasteiger partial charge is 0.487 e. The van der Waals surface area contributed by atoms with Gasteiger partial charge in [-0.3, -0.25) is 14.6 Å². The fraction of sp³-hybridized carbons (Fsp3) is 0.190. The molecule has 0 saturated carbocycles. The predicted octanol–water partition coefficient (Wildman–Crippen LogP) is 2.98. The molecule has 0 bridgehead atoms. The molecule has 2 amide bonds. The van der Waals surface area contributed by atoms with E-state index in [0.717, 1.165) is 10.6 Å². The van der Waals surface area contributed by atoms with Gasteiger partial charge in [0.1, 0.15) is 11.9 Å². The first kappa shape index (κ1) is 18.2. The number of hydrogen-bond acceptors (Lipinski definition) is 5. The van der Waals surface area contributed by atoms with Gasteiger partial charge in [-0.15, -0.1) is 11.3 Å². The zero-order chi connectivity index (χ0) is 19.3. The molecule has 1 N–H and O–H groups in total. The van der Waals surface area contributed by atoms with Crippen molar-refractivity contribution in [3.8, 4) is 5.75 Å². The summed E-state index contributed by atoms with van der Waals surface area (Å²) in [6.07, 6.45) is 3.37. The molecule has 7 heteroatoms. The molecule has 6 nitrogen and oxygen atoms in total. The van der Waals surface area contributed by atoms with E-state index in [9.17, 15) is 9.59 Å². The molecule has 0 radical (unpaired) electrons. The smallest absolute Gasteiger partial charge is 0.264 e. The Balaban J connectivity index is 1.26. The van der Waals surface area contributed by atoms with Crippen molar-refractivity contribution in [1.29, 1.82) is 0 Å². The molecule has 3 aromatic rings. The normalized spacial score (nSPS) is 13.6. The van der Waals surface area contributed by atoms with Crippen LogP contribution in [-0.2, 0) is 6.54 Å². The Labute approximate surface area is 166 Å². The summed E-state index contributed by atoms with van der Waals surface area (Å²) in [5, 5.41) is 2.88. The Bertz CT molecular complexity index is 953. The van der Waals surface area contributed by atoms with Crippen molar-refractivity contribution in [2.45, 2.75) is 12.6 Å². The molecule has 0 spiro atoms. The van der Waals surface area contributed by atoms with Gasteiger partial charge < -0.3 is 15.0 Å². The summed E-state index contributed by atoms with van der Waals surface area (Å²) >= 11 is 1.41. The number of amides is 2. The van der Waals surface area contributed by atoms with Crippen LogP contribution in [0, 0.1) is 0 Å². The van der Waals surface area contributed by atoms with Crippen LogP contribution in [0.15, 0.2) is 67.0 Å². The molecule has 2 aromatic heterocycles. The highest BCUT2D eigenvalue weighted by atomic mass is 32.1. The minimum atomic E-state index is -0.124. The number of nitrogens with zero attached hydrogens (tertiary/aromatic N) is 2. The highest BCUT2D eigenvalue weighted by Gasteiger charge is 2.33. The van der Waals surface area contributed by atoms with Gasteiger partial charge in [-0.2, -0.15) is 0 Å². The Morgan fingerprint density at radius 2 is 1.82 bits per heavy atom. The lowest BCUT2D eigenvalue weighted by atomic mass is 10.1. The molecule has 0 unspecified atom stereocenters. The van der Waals surface area contributed by atoms with Crippen molar-refractivity contribution < 1.29 is 14.3 Å². The highest BCUT2D eigenvalue weighted by Crippen LogP contribution is 2.23. The van der Waals surface area contributed by atoms with E-state index in [2.05, 4.69) is 10.3 Å². The van der Waals surface area contributed by atoms with Crippen molar-refractivity contribution >= 4 is 23.2 Å². The molecule has 4 rings (SSSR count). The lowest BCUT2D eigenvalue weighted by Gasteiger charge is -2.38. The third kappa shape index (κ3) is 4.20. The molecule has 0 atom stereocenters. The fourth-order valence-electron chi connectivity index (χ4n) is 2.89. The average Bonchev–Trinajstić information content (AvgIpc) is 3.19. The van der Waals surface area contributed by atoms with E-state index in [4.69, 9.17) is 4.74 Å². The van der Waals surface area contributed by atoms with Gasteiger partial charge in [-0.1, -0.05) is 18.2 Å². The summed E-state index contributed by atoms with van der Waals surface area (Å²) in [4.78, 5) is 32.0. The molecule has 3 heterocycles. The minimum Gasteiger partial charge on any atom is -0.487 e. The Kier molecular flexibility index (Phi) is 5.34. The van der Waals surface area contributed by atoms with E-state index >= 15 is 0 Å². The Morgan fingerprint density at radius 3 is 2.57 bits per heavy atom. The minimum absolute atomic E-state index is 0.000198. The number of aromatic nitrogens is 1. The SMILES string of the molecule is O=C(NCc1ccc(C(=O)N2CC(Oc3ccncc3)C2)s1)c1ccccc1. The highest BCUT2D eigenvalue weighted by molar-refractivity contribution is 7.14. The summed E-state index contributed by atoms with van der Waals surface area (Å²) in [7, 11) is 0. The lowest BCUT2D eigenvalue weighted by molar-refractivity contribution is 0.0181. The lowest BCUT2D eigenvalue weighted by Crippen LogP contribution is -2.56. The van der Waals surface area contributed by atoms with Crippen LogP contribution in [0.25, 0.3) is 0 Å². The number of thiophene rings is 1. The quantitative estimate of drug-likeness (QED) is 0.699. The maximum absolute atomic E-state index is 12.6. The number of pyridine rings is 1. The van der Waals surface area contributed by atoms with Crippen LogP contribution in [0.5, 0.6) is 5.75 Å². The molecule has 1 fully saturated rings. The number of nitrogens with one attached hydrogen (secondary N) is 1. The molecule has 1 saturated heterocycles. The van der Waals surface area contributed by atoms with Crippen LogP contribution in [-0.4, -0.2) is 40.9 Å². The van der Waals surface area contributed by atoms with Crippen molar-refractivity contribution in [1.82, 2.24) is 15.2 Å². The molecule has 0 aliphatic carbocycles. The summed E-state index contributed by atoms with van der Waals surface area (Å²) in [5.41, 5.74) is 0.621. The van der Waals surface area contributed by atoms with Gasteiger partial charge in [-0.05, 0) is 36.4 Å². The summed E-state index contributed by atoms with van der Waals surface area (Å²) in [6, 6.07) is 16.4. The van der Waals surface area contributed by atoms with Crippen LogP contribution in [0.4, 0.5) is 0 Å². The summed E-state index contributed by atoms with van der Waals surface area (Å²) < 4.78 is 5.80. The number of rotatable bonds is 6. The van der Waals surface area contributed by atoms with Gasteiger partial charge in [0.25, 0.3) is 11.8 Å². The van der Waals surface area contributed by atoms with Gasteiger partial charge in [0.05, 0.1) is 24.5 Å². The summed E-state index contributed by atoms with van der Waals surface area (Å²) in [6.45, 7) is 1.54. The van der Waals surface area contributed by atoms with Gasteiger partial charge in [0.2, 0.25) is 0 Å². The number of likely N-dealkylation sites (tertiary alicyclic amines) is 1. The number of carbonyl (C=O) groups excluding carboxylic acids is 2. The van der Waals surface area contributed by atoms with Crippen molar-refractivity contribution in [2.75, 3.05) is 13.1 Å². The standard InChI is InChI=1S/C21H19N3O3S/c25-20(15-4-2-1-3-5-15)23-12-18-6-7-19(28-18)21(26)24-13-17(14-24)27-16-8-10-22-11-9-16/h1-11,17H,12-14H2,(H,23,25). The van der Waals surface area contributed by atoms with Crippen LogP contribution in [0.3, 0.4) is 0 Å². The van der Waals surface area contributed by atoms with Crippen LogP contribution in [0.2, 0.25) is 0 Å². The van der Waals surface area contributed by atoms with Crippen LogP contribution >= 0.6 is 11.3 Å². The van der Waals surface area contributed by atoms with E-state index in [0.29, 0.717) is 30.1 Å². The van der Waals surface area contributed by atoms with Gasteiger partial charge in [-0.25, -0.2) is 0 Å². The van der Waals surface area contributed by atoms with Gasteiger partial charge in [0.15, 0.2) is 0 Å². The third-order valence-corrected chi connectivity index (χ3v) is 5.49. The predicted molar refractivity (Wildman–Crippen MR) is 106 cm³/mol. The van der Waals surface area contributed by atoms with E-state index in [-0.39, 0.29) is 17.9 Å². The van der Waals surface area contributed by atoms with E-state index < -0.39 is 0 Å². The molecular formula is C21H19N3O3S. The van der Waals surface area contributed by atoms with Crippen molar-refractivity contribution in [3.05, 3.63) is 82.3 Å². The average molecular weight is 393 g/mol. The molecule has 1 aliphatic heterocycles. The number of carbonyl (C=O) groups is 2. The third-order valence-electron chi connectivity index (χ3n) is 4.42. The van der Waals surface area contributed by atoms with Gasteiger partial charge >= 0.3 is 0 Å². The monoisotopic (exact) mass is 393 g/mol. The maximum atomic E-state index is 12.6. The first-order valence-electron chi connectivity index (χ1n) is 8.97. The van der Waals surface area contributed by atoms with Crippen molar-refractivity contribution in [2.24, 2.45) is 0 Å². The molecular weight excluding hydrogens is 374 g/mol. The second-order valence-corrected chi connectivity index (χ2v) is 7.62.